The van der Waals surface area contributed by atoms with Crippen LogP contribution in [0.1, 0.15) is 39.9 Å². The number of hydrogen-bond donors (Lipinski definition) is 0. The molecule has 4 heterocycles. The molecule has 6 heteroatoms. The minimum atomic E-state index is -1.35. The van der Waals surface area contributed by atoms with E-state index < -0.39 is 6.17 Å². The molecule has 5 nitrogen and oxygen atoms in total. The molecule has 1 aliphatic rings. The highest BCUT2D eigenvalue weighted by molar-refractivity contribution is 6.11. The second kappa shape index (κ2) is 11.8. The van der Waals surface area contributed by atoms with Crippen LogP contribution in [0.15, 0.2) is 158 Å². The van der Waals surface area contributed by atoms with Gasteiger partial charge in [-0.25, -0.2) is 14.4 Å². The molecule has 3 aromatic heterocycles. The molecule has 0 saturated heterocycles. The zero-order valence-electron chi connectivity index (χ0n) is 29.8. The highest BCUT2D eigenvalue weighted by Gasteiger charge is 2.42. The Labute approximate surface area is 307 Å². The molecule has 6 aromatic carbocycles. The second-order valence-corrected chi connectivity index (χ2v) is 14.5. The van der Waals surface area contributed by atoms with Crippen molar-refractivity contribution in [2.24, 2.45) is 7.05 Å². The molecule has 0 saturated carbocycles. The largest absolute Gasteiger partial charge is 0.327 e. The van der Waals surface area contributed by atoms with E-state index in [9.17, 15) is 0 Å². The highest BCUT2D eigenvalue weighted by atomic mass is 19.1. The first-order valence-corrected chi connectivity index (χ1v) is 18.1. The van der Waals surface area contributed by atoms with E-state index in [2.05, 4.69) is 108 Å². The molecule has 0 fully saturated rings. The summed E-state index contributed by atoms with van der Waals surface area (Å²) in [6.45, 7) is 0. The predicted molar refractivity (Wildman–Crippen MR) is 215 cm³/mol. The van der Waals surface area contributed by atoms with Gasteiger partial charge in [0.2, 0.25) is 0 Å². The van der Waals surface area contributed by atoms with Crippen molar-refractivity contribution in [2.45, 2.75) is 12.1 Å². The Balaban J connectivity index is 1.17. The van der Waals surface area contributed by atoms with E-state index in [0.717, 1.165) is 50.0 Å². The van der Waals surface area contributed by atoms with Crippen molar-refractivity contribution in [2.75, 3.05) is 14.1 Å². The lowest BCUT2D eigenvalue weighted by Crippen LogP contribution is -2.39. The number of hydrogen-bond acceptors (Lipinski definition) is 2. The average Bonchev–Trinajstić information content (AvgIpc) is 3.73. The van der Waals surface area contributed by atoms with E-state index in [-0.39, 0.29) is 5.92 Å². The van der Waals surface area contributed by atoms with Gasteiger partial charge in [-0.1, -0.05) is 91.0 Å². The molecule has 1 aliphatic heterocycles. The summed E-state index contributed by atoms with van der Waals surface area (Å²) in [7, 11) is 6.55. The zero-order chi connectivity index (χ0) is 35.8. The molecule has 0 spiro atoms. The minimum Gasteiger partial charge on any atom is -0.327 e. The lowest BCUT2D eigenvalue weighted by atomic mass is 9.78. The van der Waals surface area contributed by atoms with Crippen LogP contribution in [-0.4, -0.2) is 33.2 Å². The van der Waals surface area contributed by atoms with Gasteiger partial charge < -0.3 is 4.57 Å². The SMILES string of the molecule is Cn1c(-c2cccc(C(F)c3cccc(-n4c5ncccc5c5ccc6c(c54)C(c4ccccc4)c4ccccc4[N+]6(C)C)c3)c2)nc2ccccc21. The summed E-state index contributed by atoms with van der Waals surface area (Å²) in [5, 5.41) is 2.20. The number of alkyl halides is 1. The van der Waals surface area contributed by atoms with Crippen molar-refractivity contribution in [3.63, 3.8) is 0 Å². The molecule has 0 bridgehead atoms. The number of imidazole rings is 1. The number of aryl methyl sites for hydroxylation is 1. The van der Waals surface area contributed by atoms with Gasteiger partial charge >= 0.3 is 0 Å². The molecular formula is C47H37FN5+. The number of para-hydroxylation sites is 3. The molecule has 9 aromatic rings. The first kappa shape index (κ1) is 31.4. The third kappa shape index (κ3) is 4.72. The number of benzene rings is 6. The van der Waals surface area contributed by atoms with Crippen LogP contribution in [0.2, 0.25) is 0 Å². The van der Waals surface area contributed by atoms with Crippen LogP contribution in [0.5, 0.6) is 0 Å². The van der Waals surface area contributed by atoms with Crippen molar-refractivity contribution >= 4 is 44.3 Å². The van der Waals surface area contributed by atoms with Crippen LogP contribution < -0.4 is 4.48 Å². The van der Waals surface area contributed by atoms with Crippen LogP contribution in [-0.2, 0) is 7.05 Å². The highest BCUT2D eigenvalue weighted by Crippen LogP contribution is 2.54. The molecule has 0 N–H and O–H groups in total. The normalized spacial score (nSPS) is 15.4. The van der Waals surface area contributed by atoms with Gasteiger partial charge in [-0.3, -0.25) is 9.05 Å². The third-order valence-electron chi connectivity index (χ3n) is 11.2. The smallest absolute Gasteiger partial charge is 0.150 e. The van der Waals surface area contributed by atoms with Gasteiger partial charge in [0.1, 0.15) is 22.8 Å². The number of pyridine rings is 1. The average molecular weight is 691 g/mol. The topological polar surface area (TPSA) is 35.6 Å². The Kier molecular flexibility index (Phi) is 7.01. The maximum absolute atomic E-state index is 16.9. The summed E-state index contributed by atoms with van der Waals surface area (Å²) in [6, 6.07) is 52.0. The summed E-state index contributed by atoms with van der Waals surface area (Å²) < 4.78 is 21.8. The van der Waals surface area contributed by atoms with Crippen molar-refractivity contribution in [3.05, 3.63) is 186 Å². The van der Waals surface area contributed by atoms with Gasteiger partial charge in [-0.05, 0) is 71.3 Å². The van der Waals surface area contributed by atoms with Gasteiger partial charge in [0.25, 0.3) is 0 Å². The molecular weight excluding hydrogens is 654 g/mol. The second-order valence-electron chi connectivity index (χ2n) is 14.5. The molecule has 0 amide bonds. The fourth-order valence-electron chi connectivity index (χ4n) is 8.74. The van der Waals surface area contributed by atoms with Crippen LogP contribution >= 0.6 is 0 Å². The van der Waals surface area contributed by atoms with Gasteiger partial charge in [-0.15, -0.1) is 0 Å². The fourth-order valence-corrected chi connectivity index (χ4v) is 8.74. The fraction of sp³-hybridized carbons (Fsp3) is 0.106. The lowest BCUT2D eigenvalue weighted by Gasteiger charge is -2.40. The number of fused-ring (bicyclic) bond motifs is 7. The standard InChI is InChI=1S/C47H37FN5/c1-51-39-23-9-8-22-38(39)50-46(51)33-18-11-16-31(28-33)44(48)32-17-12-19-34(29-32)52-45-35(36-21-13-27-49-47(36)52)25-26-41-43(45)42(30-14-5-4-6-15-30)37-20-7-10-24-40(37)53(41,2)3/h4-29,42,44H,1-3H3/q+1. The zero-order valence-corrected chi connectivity index (χ0v) is 29.8. The molecule has 0 aliphatic carbocycles. The third-order valence-corrected chi connectivity index (χ3v) is 11.2. The molecule has 2 atom stereocenters. The van der Waals surface area contributed by atoms with Gasteiger partial charge in [-0.2, -0.15) is 0 Å². The lowest BCUT2D eigenvalue weighted by molar-refractivity contribution is 0.402. The van der Waals surface area contributed by atoms with Gasteiger partial charge in [0, 0.05) is 52.8 Å². The van der Waals surface area contributed by atoms with E-state index in [4.69, 9.17) is 9.97 Å². The molecule has 10 rings (SSSR count). The van der Waals surface area contributed by atoms with Crippen molar-refractivity contribution in [1.29, 1.82) is 0 Å². The summed E-state index contributed by atoms with van der Waals surface area (Å²) in [6.07, 6.45) is 0.502. The molecule has 256 valence electrons. The monoisotopic (exact) mass is 690 g/mol. The van der Waals surface area contributed by atoms with Crippen LogP contribution in [0, 0.1) is 0 Å². The Bertz CT molecular complexity index is 2870. The minimum absolute atomic E-state index is 0.0112. The predicted octanol–water partition coefficient (Wildman–Crippen LogP) is 11.2. The van der Waals surface area contributed by atoms with Crippen LogP contribution in [0.4, 0.5) is 15.8 Å². The number of halogens is 1. The first-order chi connectivity index (χ1) is 25.9. The van der Waals surface area contributed by atoms with Crippen LogP contribution in [0.3, 0.4) is 0 Å². The number of aromatic nitrogens is 4. The van der Waals surface area contributed by atoms with Crippen molar-refractivity contribution in [1.82, 2.24) is 23.6 Å². The molecule has 2 unspecified atom stereocenters. The van der Waals surface area contributed by atoms with E-state index in [0.29, 0.717) is 15.6 Å². The summed E-state index contributed by atoms with van der Waals surface area (Å²) >= 11 is 0. The summed E-state index contributed by atoms with van der Waals surface area (Å²) in [4.78, 5) is 9.86. The Morgan fingerprint density at radius 1 is 0.679 bits per heavy atom. The number of quaternary nitrogens is 1. The van der Waals surface area contributed by atoms with Gasteiger partial charge in [0.05, 0.1) is 36.2 Å². The maximum atomic E-state index is 16.9. The van der Waals surface area contributed by atoms with Crippen molar-refractivity contribution in [3.8, 4) is 17.1 Å². The Morgan fingerprint density at radius 2 is 1.43 bits per heavy atom. The number of nitrogens with zero attached hydrogens (tertiary/aromatic N) is 5. The molecule has 0 radical (unpaired) electrons. The maximum Gasteiger partial charge on any atom is 0.150 e. The van der Waals surface area contributed by atoms with Crippen molar-refractivity contribution < 1.29 is 4.39 Å². The van der Waals surface area contributed by atoms with E-state index in [1.165, 1.54) is 28.1 Å². The van der Waals surface area contributed by atoms with E-state index >= 15 is 4.39 Å². The first-order valence-electron chi connectivity index (χ1n) is 18.1. The molecule has 53 heavy (non-hydrogen) atoms. The summed E-state index contributed by atoms with van der Waals surface area (Å²) in [5.41, 5.74) is 13.1. The number of rotatable bonds is 5. The summed E-state index contributed by atoms with van der Waals surface area (Å²) in [5.74, 6) is 0.800. The van der Waals surface area contributed by atoms with E-state index in [1.54, 1.807) is 0 Å². The Hall–Kier alpha value is -6.37. The van der Waals surface area contributed by atoms with E-state index in [1.807, 2.05) is 80.0 Å². The Morgan fingerprint density at radius 3 is 2.28 bits per heavy atom. The van der Waals surface area contributed by atoms with Crippen LogP contribution in [0.25, 0.3) is 50.0 Å². The van der Waals surface area contributed by atoms with Gasteiger partial charge in [0.15, 0.2) is 6.17 Å². The quantitative estimate of drug-likeness (QED) is 0.169.